The molecular formula is C13H11NS. The van der Waals surface area contributed by atoms with Gasteiger partial charge in [0.1, 0.15) is 0 Å². The lowest BCUT2D eigenvalue weighted by Crippen LogP contribution is -2.19. The molecule has 0 bridgehead atoms. The standard InChI is InChI=1S/C13H11NS/c1-2-4-10(5-3-1)13-11-7-9-15-12(11)6-8-14-13/h1-9,13-14H. The van der Waals surface area contributed by atoms with Crippen molar-refractivity contribution >= 4 is 17.4 Å². The Morgan fingerprint density at radius 2 is 1.93 bits per heavy atom. The van der Waals surface area contributed by atoms with E-state index in [9.17, 15) is 0 Å². The minimum Gasteiger partial charge on any atom is -0.380 e. The highest BCUT2D eigenvalue weighted by atomic mass is 32.1. The molecule has 0 radical (unpaired) electrons. The molecule has 1 unspecified atom stereocenters. The SMILES string of the molecule is C1=Cc2sccc2C(c2ccccc2)N1. The highest BCUT2D eigenvalue weighted by molar-refractivity contribution is 7.11. The molecule has 1 nitrogen and oxygen atoms in total. The Hall–Kier alpha value is -1.54. The minimum absolute atomic E-state index is 0.317. The van der Waals surface area contributed by atoms with Gasteiger partial charge in [-0.05, 0) is 34.8 Å². The average molecular weight is 213 g/mol. The quantitative estimate of drug-likeness (QED) is 0.765. The van der Waals surface area contributed by atoms with Crippen molar-refractivity contribution in [2.75, 3.05) is 0 Å². The van der Waals surface area contributed by atoms with Gasteiger partial charge in [0, 0.05) is 4.88 Å². The molecule has 0 fully saturated rings. The van der Waals surface area contributed by atoms with Gasteiger partial charge in [0.05, 0.1) is 6.04 Å². The first-order chi connectivity index (χ1) is 7.45. The number of benzene rings is 1. The molecule has 1 atom stereocenters. The number of thiophene rings is 1. The molecule has 1 aromatic carbocycles. The Kier molecular flexibility index (Phi) is 2.07. The summed E-state index contributed by atoms with van der Waals surface area (Å²) in [4.78, 5) is 1.36. The third kappa shape index (κ3) is 1.47. The highest BCUT2D eigenvalue weighted by Gasteiger charge is 2.18. The van der Waals surface area contributed by atoms with E-state index in [1.54, 1.807) is 11.3 Å². The lowest BCUT2D eigenvalue weighted by atomic mass is 9.98. The van der Waals surface area contributed by atoms with Crippen LogP contribution in [0.5, 0.6) is 0 Å². The van der Waals surface area contributed by atoms with Gasteiger partial charge in [-0.3, -0.25) is 0 Å². The first kappa shape index (κ1) is 8.74. The monoisotopic (exact) mass is 213 g/mol. The molecule has 3 rings (SSSR count). The summed E-state index contributed by atoms with van der Waals surface area (Å²) in [6, 6.07) is 13.1. The van der Waals surface area contributed by atoms with Crippen LogP contribution in [0.2, 0.25) is 0 Å². The molecule has 0 aliphatic carbocycles. The molecule has 0 saturated carbocycles. The van der Waals surface area contributed by atoms with E-state index in [4.69, 9.17) is 0 Å². The van der Waals surface area contributed by atoms with Gasteiger partial charge in [0.15, 0.2) is 0 Å². The zero-order valence-electron chi connectivity index (χ0n) is 8.18. The highest BCUT2D eigenvalue weighted by Crippen LogP contribution is 2.32. The van der Waals surface area contributed by atoms with E-state index in [-0.39, 0.29) is 0 Å². The summed E-state index contributed by atoms with van der Waals surface area (Å²) in [5.41, 5.74) is 2.70. The fourth-order valence-electron chi connectivity index (χ4n) is 1.94. The Bertz CT molecular complexity index is 484. The third-order valence-electron chi connectivity index (χ3n) is 2.67. The maximum absolute atomic E-state index is 3.40. The van der Waals surface area contributed by atoms with Crippen LogP contribution < -0.4 is 5.32 Å². The van der Waals surface area contributed by atoms with Crippen LogP contribution >= 0.6 is 11.3 Å². The number of nitrogens with one attached hydrogen (secondary N) is 1. The Morgan fingerprint density at radius 3 is 2.80 bits per heavy atom. The van der Waals surface area contributed by atoms with Gasteiger partial charge in [-0.25, -0.2) is 0 Å². The fourth-order valence-corrected chi connectivity index (χ4v) is 2.77. The second kappa shape index (κ2) is 3.55. The predicted molar refractivity (Wildman–Crippen MR) is 64.8 cm³/mol. The minimum atomic E-state index is 0.317. The van der Waals surface area contributed by atoms with E-state index in [1.165, 1.54) is 16.0 Å². The summed E-state index contributed by atoms with van der Waals surface area (Å²) >= 11 is 1.80. The molecule has 0 spiro atoms. The van der Waals surface area contributed by atoms with Crippen LogP contribution in [0.15, 0.2) is 48.0 Å². The van der Waals surface area contributed by atoms with Crippen molar-refractivity contribution in [3.8, 4) is 0 Å². The molecule has 1 N–H and O–H groups in total. The normalized spacial score (nSPS) is 18.3. The molecule has 2 heterocycles. The molecule has 1 aliphatic heterocycles. The number of hydrogen-bond donors (Lipinski definition) is 1. The van der Waals surface area contributed by atoms with Crippen LogP contribution in [0, 0.1) is 0 Å². The first-order valence-electron chi connectivity index (χ1n) is 5.00. The van der Waals surface area contributed by atoms with Crippen LogP contribution in [0.3, 0.4) is 0 Å². The maximum Gasteiger partial charge on any atom is 0.0776 e. The van der Waals surface area contributed by atoms with Gasteiger partial charge in [-0.15, -0.1) is 11.3 Å². The number of rotatable bonds is 1. The largest absolute Gasteiger partial charge is 0.380 e. The van der Waals surface area contributed by atoms with E-state index in [0.717, 1.165) is 0 Å². The molecule has 15 heavy (non-hydrogen) atoms. The van der Waals surface area contributed by atoms with E-state index in [0.29, 0.717) is 6.04 Å². The smallest absolute Gasteiger partial charge is 0.0776 e. The zero-order valence-corrected chi connectivity index (χ0v) is 9.00. The van der Waals surface area contributed by atoms with Gasteiger partial charge in [0.2, 0.25) is 0 Å². The molecule has 2 heteroatoms. The Balaban J connectivity index is 2.07. The number of fused-ring (bicyclic) bond motifs is 1. The lowest BCUT2D eigenvalue weighted by Gasteiger charge is -2.21. The van der Waals surface area contributed by atoms with Crippen LogP contribution in [0.1, 0.15) is 22.0 Å². The molecular weight excluding hydrogens is 202 g/mol. The van der Waals surface area contributed by atoms with Crippen LogP contribution in [0.4, 0.5) is 0 Å². The Morgan fingerprint density at radius 1 is 1.07 bits per heavy atom. The van der Waals surface area contributed by atoms with E-state index >= 15 is 0 Å². The van der Waals surface area contributed by atoms with Crippen molar-refractivity contribution in [3.05, 3.63) is 64.0 Å². The zero-order chi connectivity index (χ0) is 10.1. The molecule has 0 amide bonds. The van der Waals surface area contributed by atoms with E-state index in [2.05, 4.69) is 53.2 Å². The fraction of sp³-hybridized carbons (Fsp3) is 0.0769. The van der Waals surface area contributed by atoms with Gasteiger partial charge >= 0.3 is 0 Å². The lowest BCUT2D eigenvalue weighted by molar-refractivity contribution is 0.725. The van der Waals surface area contributed by atoms with Crippen molar-refractivity contribution in [1.29, 1.82) is 0 Å². The van der Waals surface area contributed by atoms with Crippen molar-refractivity contribution < 1.29 is 0 Å². The third-order valence-corrected chi connectivity index (χ3v) is 3.57. The molecule has 1 aromatic heterocycles. The van der Waals surface area contributed by atoms with E-state index in [1.807, 2.05) is 6.20 Å². The maximum atomic E-state index is 3.40. The topological polar surface area (TPSA) is 12.0 Å². The van der Waals surface area contributed by atoms with Crippen LogP contribution in [-0.4, -0.2) is 0 Å². The van der Waals surface area contributed by atoms with Crippen LogP contribution in [0.25, 0.3) is 6.08 Å². The molecule has 0 saturated heterocycles. The van der Waals surface area contributed by atoms with Gasteiger partial charge < -0.3 is 5.32 Å². The van der Waals surface area contributed by atoms with Crippen molar-refractivity contribution in [2.45, 2.75) is 6.04 Å². The van der Waals surface area contributed by atoms with Crippen molar-refractivity contribution in [3.63, 3.8) is 0 Å². The summed E-state index contributed by atoms with van der Waals surface area (Å²) in [5, 5.41) is 5.55. The molecule has 74 valence electrons. The second-order valence-corrected chi connectivity index (χ2v) is 4.53. The van der Waals surface area contributed by atoms with Gasteiger partial charge in [-0.1, -0.05) is 30.3 Å². The summed E-state index contributed by atoms with van der Waals surface area (Å²) in [6.45, 7) is 0. The van der Waals surface area contributed by atoms with Crippen molar-refractivity contribution in [2.24, 2.45) is 0 Å². The summed E-state index contributed by atoms with van der Waals surface area (Å²) in [5.74, 6) is 0. The van der Waals surface area contributed by atoms with Gasteiger partial charge in [-0.2, -0.15) is 0 Å². The predicted octanol–water partition coefficient (Wildman–Crippen LogP) is 3.41. The molecule has 1 aliphatic rings. The average Bonchev–Trinajstić information content (AvgIpc) is 2.78. The summed E-state index contributed by atoms with van der Waals surface area (Å²) in [6.07, 6.45) is 4.18. The molecule has 2 aromatic rings. The van der Waals surface area contributed by atoms with Gasteiger partial charge in [0.25, 0.3) is 0 Å². The van der Waals surface area contributed by atoms with Crippen LogP contribution in [-0.2, 0) is 0 Å². The summed E-state index contributed by atoms with van der Waals surface area (Å²) < 4.78 is 0. The summed E-state index contributed by atoms with van der Waals surface area (Å²) in [7, 11) is 0. The Labute approximate surface area is 93.1 Å². The number of hydrogen-bond acceptors (Lipinski definition) is 2. The van der Waals surface area contributed by atoms with E-state index < -0.39 is 0 Å². The first-order valence-corrected chi connectivity index (χ1v) is 5.88. The van der Waals surface area contributed by atoms with Crippen molar-refractivity contribution in [1.82, 2.24) is 5.32 Å². The second-order valence-electron chi connectivity index (χ2n) is 3.58.